The van der Waals surface area contributed by atoms with E-state index in [9.17, 15) is 76.3 Å². The molecular formula is C43H66O23. The van der Waals surface area contributed by atoms with Gasteiger partial charge in [0.15, 0.2) is 18.9 Å². The van der Waals surface area contributed by atoms with Crippen LogP contribution in [0.25, 0.3) is 0 Å². The van der Waals surface area contributed by atoms with E-state index in [4.69, 9.17) is 37.9 Å². The summed E-state index contributed by atoms with van der Waals surface area (Å²) >= 11 is 0. The van der Waals surface area contributed by atoms with Crippen LogP contribution in [0, 0.1) is 22.7 Å². The van der Waals surface area contributed by atoms with Crippen LogP contribution in [0.4, 0.5) is 0 Å². The lowest BCUT2D eigenvalue weighted by molar-refractivity contribution is -0.400. The predicted molar refractivity (Wildman–Crippen MR) is 214 cm³/mol. The number of rotatable bonds is 12. The van der Waals surface area contributed by atoms with Crippen molar-refractivity contribution in [3.05, 3.63) is 23.3 Å². The molecule has 0 radical (unpaired) electrons. The SMILES string of the molecule is CC1=CC23CCC4C(C(=O)OC5OC(CO)C(O)C(O)C5O)=CCCC4(C)C2CCC1(OC1OC(CO)C(O)C(OC2OC(CO)C(O)C(O)C2O)C1OC1OC(CO)C(O)C(O)C1O)C3. The highest BCUT2D eigenvalue weighted by Crippen LogP contribution is 2.70. The highest BCUT2D eigenvalue weighted by molar-refractivity contribution is 5.89. The number of hydrogen-bond donors (Lipinski definition) is 14. The number of ether oxygens (including phenoxy) is 8. The molecule has 4 aliphatic heterocycles. The maximum atomic E-state index is 13.9. The van der Waals surface area contributed by atoms with Crippen LogP contribution >= 0.6 is 0 Å². The molecule has 0 amide bonds. The van der Waals surface area contributed by atoms with Crippen molar-refractivity contribution >= 4 is 5.97 Å². The molecule has 8 aliphatic rings. The van der Waals surface area contributed by atoms with Crippen LogP contribution in [0.1, 0.15) is 58.8 Å². The van der Waals surface area contributed by atoms with Gasteiger partial charge in [0.2, 0.25) is 6.29 Å². The van der Waals surface area contributed by atoms with Crippen molar-refractivity contribution in [3.8, 4) is 0 Å². The third-order valence-corrected chi connectivity index (χ3v) is 16.0. The minimum atomic E-state index is -1.95. The van der Waals surface area contributed by atoms with Crippen molar-refractivity contribution in [3.63, 3.8) is 0 Å². The molecule has 4 heterocycles. The Morgan fingerprint density at radius 2 is 1.09 bits per heavy atom. The van der Waals surface area contributed by atoms with E-state index in [2.05, 4.69) is 13.0 Å². The molecule has 0 aromatic rings. The van der Waals surface area contributed by atoms with Crippen molar-refractivity contribution in [2.45, 2.75) is 187 Å². The largest absolute Gasteiger partial charge is 0.429 e. The highest BCUT2D eigenvalue weighted by atomic mass is 16.8. The molecule has 23 heteroatoms. The number of hydrogen-bond acceptors (Lipinski definition) is 23. The van der Waals surface area contributed by atoms with E-state index in [-0.39, 0.29) is 11.8 Å². The summed E-state index contributed by atoms with van der Waals surface area (Å²) in [6.45, 7) is 0.923. The second-order valence-corrected chi connectivity index (χ2v) is 19.7. The first kappa shape index (κ1) is 50.5. The Balaban J connectivity index is 1.06. The first-order valence-corrected chi connectivity index (χ1v) is 22.7. The Hall–Kier alpha value is -1.89. The van der Waals surface area contributed by atoms with Gasteiger partial charge in [0.1, 0.15) is 97.7 Å². The fraction of sp³-hybridized carbons (Fsp3) is 0.884. The normalized spacial score (nSPS) is 52.7. The van der Waals surface area contributed by atoms with Gasteiger partial charge in [-0.2, -0.15) is 0 Å². The lowest BCUT2D eigenvalue weighted by atomic mass is 9.44. The van der Waals surface area contributed by atoms with Gasteiger partial charge in [0.25, 0.3) is 0 Å². The van der Waals surface area contributed by atoms with E-state index in [0.717, 1.165) is 12.0 Å². The summed E-state index contributed by atoms with van der Waals surface area (Å²) in [5.74, 6) is -1.05. The molecular weight excluding hydrogens is 884 g/mol. The van der Waals surface area contributed by atoms with Crippen molar-refractivity contribution in [2.75, 3.05) is 26.4 Å². The van der Waals surface area contributed by atoms with E-state index in [0.29, 0.717) is 44.1 Å². The first-order valence-electron chi connectivity index (χ1n) is 22.7. The molecule has 25 atom stereocenters. The zero-order valence-corrected chi connectivity index (χ0v) is 36.6. The zero-order chi connectivity index (χ0) is 47.8. The monoisotopic (exact) mass is 950 g/mol. The van der Waals surface area contributed by atoms with Crippen LogP contribution in [-0.4, -0.2) is 232 Å². The average Bonchev–Trinajstić information content (AvgIpc) is 3.50. The molecule has 25 unspecified atom stereocenters. The van der Waals surface area contributed by atoms with Crippen LogP contribution in [0.3, 0.4) is 0 Å². The Morgan fingerprint density at radius 1 is 0.606 bits per heavy atom. The summed E-state index contributed by atoms with van der Waals surface area (Å²) in [5.41, 5.74) is -0.829. The molecule has 4 saturated heterocycles. The molecule has 0 aromatic heterocycles. The van der Waals surface area contributed by atoms with Gasteiger partial charge in [0, 0.05) is 5.57 Å². The van der Waals surface area contributed by atoms with E-state index in [1.54, 1.807) is 0 Å². The molecule has 23 nitrogen and oxygen atoms in total. The van der Waals surface area contributed by atoms with Crippen molar-refractivity contribution in [1.29, 1.82) is 0 Å². The number of aliphatic hydroxyl groups excluding tert-OH is 14. The average molecular weight is 951 g/mol. The lowest BCUT2D eigenvalue weighted by Gasteiger charge is -2.61. The molecule has 4 aliphatic carbocycles. The molecule has 6 fully saturated rings. The molecule has 2 bridgehead atoms. The van der Waals surface area contributed by atoms with E-state index in [1.165, 1.54) is 0 Å². The number of esters is 1. The van der Waals surface area contributed by atoms with Gasteiger partial charge in [-0.25, -0.2) is 4.79 Å². The van der Waals surface area contributed by atoms with Gasteiger partial charge >= 0.3 is 5.97 Å². The first-order chi connectivity index (χ1) is 31.3. The second-order valence-electron chi connectivity index (χ2n) is 19.7. The van der Waals surface area contributed by atoms with Crippen LogP contribution < -0.4 is 0 Å². The Labute approximate surface area is 379 Å². The van der Waals surface area contributed by atoms with Crippen LogP contribution in [0.5, 0.6) is 0 Å². The number of carbonyl (C=O) groups is 1. The Morgan fingerprint density at radius 3 is 1.64 bits per heavy atom. The van der Waals surface area contributed by atoms with E-state index < -0.39 is 172 Å². The summed E-state index contributed by atoms with van der Waals surface area (Å²) in [6.07, 6.45) is -26.3. The molecule has 376 valence electrons. The molecule has 14 N–H and O–H groups in total. The molecule has 1 spiro atoms. The predicted octanol–water partition coefficient (Wildman–Crippen LogP) is -5.58. The van der Waals surface area contributed by atoms with E-state index >= 15 is 0 Å². The van der Waals surface area contributed by atoms with Crippen LogP contribution in [-0.2, 0) is 42.7 Å². The van der Waals surface area contributed by atoms with Gasteiger partial charge in [-0.15, -0.1) is 0 Å². The summed E-state index contributed by atoms with van der Waals surface area (Å²) in [7, 11) is 0. The second kappa shape index (κ2) is 19.4. The van der Waals surface area contributed by atoms with Gasteiger partial charge in [-0.05, 0) is 80.1 Å². The van der Waals surface area contributed by atoms with Gasteiger partial charge in [-0.1, -0.05) is 19.1 Å². The number of carbonyl (C=O) groups excluding carboxylic acids is 1. The molecule has 8 rings (SSSR count). The topological polar surface area (TPSA) is 374 Å². The standard InChI is InChI=1S/C43H66O23/c1-16-10-42-8-5-18-17(36(58)65-39-33(57)30(54)26(50)21(13-46)61-39)4-3-7-41(18,2)23(42)6-9-43(16,15-42)66-40-35(64-38-32(56)29(53)25(49)20(12-45)60-38)34(27(51)22(14-47)62-40)63-37-31(55)28(52)24(48)19(11-44)59-37/h4,10,18-35,37-40,44-57H,3,5-9,11-15H2,1-2H3. The summed E-state index contributed by atoms with van der Waals surface area (Å²) in [6, 6.07) is 0. The summed E-state index contributed by atoms with van der Waals surface area (Å²) < 4.78 is 47.9. The Bertz CT molecular complexity index is 1780. The third kappa shape index (κ3) is 8.51. The third-order valence-electron chi connectivity index (χ3n) is 16.0. The molecule has 2 saturated carbocycles. The fourth-order valence-corrected chi connectivity index (χ4v) is 12.4. The van der Waals surface area contributed by atoms with Crippen molar-refractivity contribution in [2.24, 2.45) is 22.7 Å². The van der Waals surface area contributed by atoms with Crippen molar-refractivity contribution < 1.29 is 114 Å². The maximum absolute atomic E-state index is 13.9. The zero-order valence-electron chi connectivity index (χ0n) is 36.6. The van der Waals surface area contributed by atoms with E-state index in [1.807, 2.05) is 13.0 Å². The van der Waals surface area contributed by atoms with Gasteiger partial charge in [0.05, 0.1) is 32.0 Å². The summed E-state index contributed by atoms with van der Waals surface area (Å²) in [5, 5.41) is 147. The van der Waals surface area contributed by atoms with Gasteiger partial charge in [-0.3, -0.25) is 0 Å². The minimum Gasteiger partial charge on any atom is -0.429 e. The fourth-order valence-electron chi connectivity index (χ4n) is 12.4. The molecule has 66 heavy (non-hydrogen) atoms. The van der Waals surface area contributed by atoms with Crippen LogP contribution in [0.15, 0.2) is 23.3 Å². The quantitative estimate of drug-likeness (QED) is 0.0493. The smallest absolute Gasteiger partial charge is 0.336 e. The number of allylic oxidation sites excluding steroid dienone is 2. The Kier molecular flexibility index (Phi) is 14.8. The van der Waals surface area contributed by atoms with Crippen molar-refractivity contribution in [1.82, 2.24) is 0 Å². The number of fused-ring (bicyclic) bond motifs is 3. The lowest BCUT2D eigenvalue weighted by Crippen LogP contribution is -2.68. The maximum Gasteiger partial charge on any atom is 0.336 e. The molecule has 0 aromatic carbocycles. The van der Waals surface area contributed by atoms with Crippen LogP contribution in [0.2, 0.25) is 0 Å². The number of aliphatic hydroxyl groups is 14. The summed E-state index contributed by atoms with van der Waals surface area (Å²) in [4.78, 5) is 13.9. The highest BCUT2D eigenvalue weighted by Gasteiger charge is 2.66. The van der Waals surface area contributed by atoms with Gasteiger partial charge < -0.3 is 109 Å². The minimum absolute atomic E-state index is 0.00981.